The topological polar surface area (TPSA) is 76.9 Å². The lowest BCUT2D eigenvalue weighted by Crippen LogP contribution is -2.39. The molecular weight excluding hydrogens is 445 g/mol. The second kappa shape index (κ2) is 8.57. The van der Waals surface area contributed by atoms with Crippen molar-refractivity contribution in [2.24, 2.45) is 5.92 Å². The first-order valence-corrected chi connectivity index (χ1v) is 11.3. The summed E-state index contributed by atoms with van der Waals surface area (Å²) in [5.74, 6) is -0.978. The number of aryl methyl sites for hydroxylation is 3. The smallest absolute Gasteiger partial charge is 0.370 e. The number of allylic oxidation sites excluding steroid dienone is 2. The van der Waals surface area contributed by atoms with Crippen molar-refractivity contribution >= 4 is 22.7 Å². The SMILES string of the molecule is Cc1cc(C2CN(c3nc(C4=CCC(C(F)(F)F)C4)c4nc(C)c(C)nc4n3)CCO2)ccn1. The fourth-order valence-electron chi connectivity index (χ4n) is 4.43. The van der Waals surface area contributed by atoms with Gasteiger partial charge in [0.05, 0.1) is 36.2 Å². The van der Waals surface area contributed by atoms with Crippen molar-refractivity contribution in [3.05, 3.63) is 52.7 Å². The molecule has 1 aliphatic carbocycles. The highest BCUT2D eigenvalue weighted by Crippen LogP contribution is 2.42. The lowest BCUT2D eigenvalue weighted by atomic mass is 10.0. The van der Waals surface area contributed by atoms with Crippen molar-refractivity contribution in [3.63, 3.8) is 0 Å². The number of pyridine rings is 1. The number of fused-ring (bicyclic) bond motifs is 1. The van der Waals surface area contributed by atoms with Crippen LogP contribution in [0.5, 0.6) is 0 Å². The Morgan fingerprint density at radius 3 is 2.59 bits per heavy atom. The molecule has 0 aromatic carbocycles. The van der Waals surface area contributed by atoms with Crippen molar-refractivity contribution in [1.29, 1.82) is 0 Å². The molecule has 3 aromatic heterocycles. The lowest BCUT2D eigenvalue weighted by Gasteiger charge is -2.33. The maximum Gasteiger partial charge on any atom is 0.392 e. The van der Waals surface area contributed by atoms with Crippen LogP contribution in [0.3, 0.4) is 0 Å². The molecule has 10 heteroatoms. The summed E-state index contributed by atoms with van der Waals surface area (Å²) in [7, 11) is 0. The van der Waals surface area contributed by atoms with Crippen LogP contribution in [-0.4, -0.2) is 50.8 Å². The highest BCUT2D eigenvalue weighted by atomic mass is 19.4. The molecule has 178 valence electrons. The van der Waals surface area contributed by atoms with E-state index in [1.165, 1.54) is 0 Å². The summed E-state index contributed by atoms with van der Waals surface area (Å²) in [5.41, 5.74) is 5.15. The first kappa shape index (κ1) is 22.6. The van der Waals surface area contributed by atoms with Crippen LogP contribution in [0.15, 0.2) is 24.4 Å². The number of hydrogen-bond donors (Lipinski definition) is 0. The van der Waals surface area contributed by atoms with E-state index in [0.717, 1.165) is 17.0 Å². The predicted octanol–water partition coefficient (Wildman–Crippen LogP) is 4.67. The molecule has 0 N–H and O–H groups in total. The Morgan fingerprint density at radius 2 is 1.85 bits per heavy atom. The van der Waals surface area contributed by atoms with Gasteiger partial charge in [-0.05, 0) is 56.9 Å². The minimum absolute atomic E-state index is 0.0566. The first-order chi connectivity index (χ1) is 16.2. The van der Waals surface area contributed by atoms with Crippen molar-refractivity contribution < 1.29 is 17.9 Å². The zero-order valence-electron chi connectivity index (χ0n) is 19.2. The fraction of sp³-hybridized carbons (Fsp3) is 0.458. The third-order valence-electron chi connectivity index (χ3n) is 6.45. The Bertz CT molecular complexity index is 1280. The van der Waals surface area contributed by atoms with Gasteiger partial charge in [-0.15, -0.1) is 0 Å². The number of aromatic nitrogens is 5. The summed E-state index contributed by atoms with van der Waals surface area (Å²) < 4.78 is 46.1. The molecular formula is C24H25F3N6O. The molecule has 0 spiro atoms. The molecule has 2 aliphatic rings. The second-order valence-corrected chi connectivity index (χ2v) is 8.88. The molecule has 3 aromatic rings. The van der Waals surface area contributed by atoms with E-state index in [4.69, 9.17) is 9.72 Å². The molecule has 1 saturated heterocycles. The quantitative estimate of drug-likeness (QED) is 0.550. The Labute approximate surface area is 195 Å². The summed E-state index contributed by atoms with van der Waals surface area (Å²) in [6.07, 6.45) is -1.23. The van der Waals surface area contributed by atoms with Crippen molar-refractivity contribution in [2.45, 2.75) is 45.9 Å². The van der Waals surface area contributed by atoms with Crippen LogP contribution in [0.25, 0.3) is 16.7 Å². The number of alkyl halides is 3. The molecule has 0 radical (unpaired) electrons. The van der Waals surface area contributed by atoms with Gasteiger partial charge in [0, 0.05) is 18.4 Å². The highest BCUT2D eigenvalue weighted by molar-refractivity contribution is 5.86. The zero-order chi connectivity index (χ0) is 24.0. The summed E-state index contributed by atoms with van der Waals surface area (Å²) >= 11 is 0. The minimum Gasteiger partial charge on any atom is -0.370 e. The van der Waals surface area contributed by atoms with Gasteiger partial charge in [0.15, 0.2) is 5.65 Å². The fourth-order valence-corrected chi connectivity index (χ4v) is 4.43. The molecule has 2 unspecified atom stereocenters. The molecule has 1 fully saturated rings. The molecule has 7 nitrogen and oxygen atoms in total. The average molecular weight is 470 g/mol. The number of morpholine rings is 1. The summed E-state index contributed by atoms with van der Waals surface area (Å²) in [4.78, 5) is 24.9. The van der Waals surface area contributed by atoms with Gasteiger partial charge < -0.3 is 9.64 Å². The van der Waals surface area contributed by atoms with Gasteiger partial charge in [0.2, 0.25) is 5.95 Å². The van der Waals surface area contributed by atoms with Crippen LogP contribution in [0.1, 0.15) is 47.3 Å². The molecule has 0 amide bonds. The van der Waals surface area contributed by atoms with Crippen molar-refractivity contribution in [1.82, 2.24) is 24.9 Å². The second-order valence-electron chi connectivity index (χ2n) is 8.88. The number of halogens is 3. The minimum atomic E-state index is -4.25. The summed E-state index contributed by atoms with van der Waals surface area (Å²) in [5, 5.41) is 0. The van der Waals surface area contributed by atoms with Gasteiger partial charge in [0.25, 0.3) is 0 Å². The third kappa shape index (κ3) is 4.34. The largest absolute Gasteiger partial charge is 0.392 e. The van der Waals surface area contributed by atoms with Crippen molar-refractivity contribution in [3.8, 4) is 0 Å². The summed E-state index contributed by atoms with van der Waals surface area (Å²) in [6.45, 7) is 7.14. The van der Waals surface area contributed by atoms with E-state index in [1.54, 1.807) is 12.3 Å². The van der Waals surface area contributed by atoms with E-state index in [2.05, 4.69) is 19.9 Å². The third-order valence-corrected chi connectivity index (χ3v) is 6.45. The maximum absolute atomic E-state index is 13.4. The Kier molecular flexibility index (Phi) is 5.71. The van der Waals surface area contributed by atoms with Gasteiger partial charge in [-0.25, -0.2) is 15.0 Å². The van der Waals surface area contributed by atoms with Crippen LogP contribution in [0.4, 0.5) is 19.1 Å². The van der Waals surface area contributed by atoms with E-state index >= 15 is 0 Å². The number of rotatable bonds is 3. The average Bonchev–Trinajstić information content (AvgIpc) is 3.30. The number of nitrogens with zero attached hydrogens (tertiary/aromatic N) is 6. The number of anilines is 1. The zero-order valence-corrected chi connectivity index (χ0v) is 19.2. The van der Waals surface area contributed by atoms with E-state index in [9.17, 15) is 13.2 Å². The Balaban J connectivity index is 1.54. The van der Waals surface area contributed by atoms with Crippen LogP contribution in [-0.2, 0) is 4.74 Å². The Hall–Kier alpha value is -3.14. The predicted molar refractivity (Wildman–Crippen MR) is 121 cm³/mol. The number of hydrogen-bond acceptors (Lipinski definition) is 7. The molecule has 4 heterocycles. The number of ether oxygens (including phenoxy) is 1. The molecule has 2 atom stereocenters. The normalized spacial score (nSPS) is 21.2. The van der Waals surface area contributed by atoms with Crippen LogP contribution >= 0.6 is 0 Å². The van der Waals surface area contributed by atoms with E-state index < -0.39 is 12.1 Å². The van der Waals surface area contributed by atoms with E-state index in [1.807, 2.05) is 37.8 Å². The molecule has 34 heavy (non-hydrogen) atoms. The van der Waals surface area contributed by atoms with Gasteiger partial charge in [-0.2, -0.15) is 18.2 Å². The van der Waals surface area contributed by atoms with Crippen LogP contribution in [0.2, 0.25) is 0 Å². The molecule has 1 aliphatic heterocycles. The Morgan fingerprint density at radius 1 is 1.06 bits per heavy atom. The van der Waals surface area contributed by atoms with E-state index in [0.29, 0.717) is 53.8 Å². The van der Waals surface area contributed by atoms with Crippen molar-refractivity contribution in [2.75, 3.05) is 24.6 Å². The molecule has 0 saturated carbocycles. The van der Waals surface area contributed by atoms with E-state index in [-0.39, 0.29) is 18.9 Å². The molecule has 5 rings (SSSR count). The summed E-state index contributed by atoms with van der Waals surface area (Å²) in [6, 6.07) is 3.91. The first-order valence-electron chi connectivity index (χ1n) is 11.3. The van der Waals surface area contributed by atoms with Gasteiger partial charge >= 0.3 is 6.18 Å². The van der Waals surface area contributed by atoms with Gasteiger partial charge in [-0.1, -0.05) is 6.08 Å². The lowest BCUT2D eigenvalue weighted by molar-refractivity contribution is -0.170. The van der Waals surface area contributed by atoms with Crippen LogP contribution in [0, 0.1) is 26.7 Å². The standard InChI is InChI=1S/C24H25F3N6O/c1-13-10-16(6-7-28-13)19-12-33(8-9-34-19)23-31-20(17-4-5-18(11-17)24(25,26)27)21-22(32-23)30-15(3)14(2)29-21/h4,6-7,10,18-19H,5,8-9,11-12H2,1-3H3. The highest BCUT2D eigenvalue weighted by Gasteiger charge is 2.42. The monoisotopic (exact) mass is 470 g/mol. The van der Waals surface area contributed by atoms with Gasteiger partial charge in [-0.3, -0.25) is 4.98 Å². The maximum atomic E-state index is 13.4. The van der Waals surface area contributed by atoms with Gasteiger partial charge in [0.1, 0.15) is 11.6 Å². The molecule has 0 bridgehead atoms. The van der Waals surface area contributed by atoms with Crippen LogP contribution < -0.4 is 4.90 Å².